The molecule has 2 N–H and O–H groups in total. The maximum absolute atomic E-state index is 12.0. The second-order valence-corrected chi connectivity index (χ2v) is 5.28. The van der Waals surface area contributed by atoms with Crippen LogP contribution in [0, 0.1) is 0 Å². The number of carbonyl (C=O) groups excluding carboxylic acids is 1. The maximum Gasteiger partial charge on any atom is 0.338 e. The molecule has 2 heterocycles. The molecule has 2 rings (SSSR count). The lowest BCUT2D eigenvalue weighted by Crippen LogP contribution is -2.43. The molecule has 0 atom stereocenters. The van der Waals surface area contributed by atoms with Crippen molar-refractivity contribution in [3.05, 3.63) is 16.5 Å². The molecule has 2 amide bonds. The summed E-state index contributed by atoms with van der Waals surface area (Å²) in [5, 5.41) is 12.2. The fraction of sp³-hybridized carbons (Fsp3) is 0.500. The van der Waals surface area contributed by atoms with Crippen LogP contribution in [-0.4, -0.2) is 48.3 Å². The Labute approximate surface area is 115 Å². The number of carboxylic acid groups (broad SMARTS) is 1. The average Bonchev–Trinajstić information content (AvgIpc) is 2.83. The molecular weight excluding hydrogens is 268 g/mol. The zero-order valence-corrected chi connectivity index (χ0v) is 11.5. The molecule has 0 bridgehead atoms. The molecule has 0 aliphatic carbocycles. The number of nitrogens with one attached hydrogen (secondary N) is 1. The van der Waals surface area contributed by atoms with Crippen molar-refractivity contribution < 1.29 is 19.4 Å². The molecule has 1 aromatic rings. The highest BCUT2D eigenvalue weighted by Crippen LogP contribution is 2.28. The van der Waals surface area contributed by atoms with Gasteiger partial charge in [0, 0.05) is 18.0 Å². The Bertz CT molecular complexity index is 480. The van der Waals surface area contributed by atoms with Crippen molar-refractivity contribution in [1.29, 1.82) is 0 Å². The number of rotatable bonds is 3. The number of amides is 2. The SMILES string of the molecule is CCc1cc(C(=O)O)c(NC(=O)N2CCOCC2)s1. The van der Waals surface area contributed by atoms with E-state index in [9.17, 15) is 9.59 Å². The maximum atomic E-state index is 12.0. The second kappa shape index (κ2) is 6.03. The molecule has 1 saturated heterocycles. The van der Waals surface area contributed by atoms with Crippen LogP contribution in [-0.2, 0) is 11.2 Å². The van der Waals surface area contributed by atoms with Crippen molar-refractivity contribution >= 4 is 28.3 Å². The number of morpholine rings is 1. The van der Waals surface area contributed by atoms with Gasteiger partial charge < -0.3 is 14.7 Å². The van der Waals surface area contributed by atoms with Crippen molar-refractivity contribution in [2.75, 3.05) is 31.6 Å². The molecule has 0 saturated carbocycles. The highest BCUT2D eigenvalue weighted by Gasteiger charge is 2.21. The normalized spacial score (nSPS) is 15.3. The minimum absolute atomic E-state index is 0.156. The summed E-state index contributed by atoms with van der Waals surface area (Å²) in [5.74, 6) is -1.02. The lowest BCUT2D eigenvalue weighted by Gasteiger charge is -2.26. The summed E-state index contributed by atoms with van der Waals surface area (Å²) in [4.78, 5) is 25.7. The number of aromatic carboxylic acids is 1. The number of hydrogen-bond donors (Lipinski definition) is 2. The van der Waals surface area contributed by atoms with E-state index in [1.54, 1.807) is 11.0 Å². The third-order valence-corrected chi connectivity index (χ3v) is 4.08. The molecule has 0 spiro atoms. The molecule has 1 fully saturated rings. The van der Waals surface area contributed by atoms with Crippen LogP contribution in [0.4, 0.5) is 9.80 Å². The largest absolute Gasteiger partial charge is 0.478 e. The van der Waals surface area contributed by atoms with Crippen LogP contribution in [0.5, 0.6) is 0 Å². The van der Waals surface area contributed by atoms with Crippen molar-refractivity contribution in [3.63, 3.8) is 0 Å². The van der Waals surface area contributed by atoms with Crippen LogP contribution >= 0.6 is 11.3 Å². The van der Waals surface area contributed by atoms with E-state index in [1.807, 2.05) is 6.92 Å². The number of nitrogens with zero attached hydrogens (tertiary/aromatic N) is 1. The number of carboxylic acids is 1. The van der Waals surface area contributed by atoms with Crippen molar-refractivity contribution in [2.45, 2.75) is 13.3 Å². The van der Waals surface area contributed by atoms with E-state index in [2.05, 4.69) is 5.32 Å². The predicted octanol–water partition coefficient (Wildman–Crippen LogP) is 1.87. The number of urea groups is 1. The zero-order chi connectivity index (χ0) is 13.8. The van der Waals surface area contributed by atoms with E-state index in [1.165, 1.54) is 11.3 Å². The Morgan fingerprint density at radius 1 is 1.47 bits per heavy atom. The van der Waals surface area contributed by atoms with Gasteiger partial charge in [-0.15, -0.1) is 11.3 Å². The van der Waals surface area contributed by atoms with Crippen LogP contribution in [0.2, 0.25) is 0 Å². The number of carbonyl (C=O) groups is 2. The first-order valence-corrected chi connectivity index (χ1v) is 6.93. The summed E-state index contributed by atoms with van der Waals surface area (Å²) in [6.45, 7) is 4.04. The molecule has 6 nitrogen and oxygen atoms in total. The summed E-state index contributed by atoms with van der Waals surface area (Å²) in [7, 11) is 0. The standard InChI is InChI=1S/C12H16N2O4S/c1-2-8-7-9(11(15)16)10(19-8)13-12(17)14-3-5-18-6-4-14/h7H,2-6H2,1H3,(H,13,17)(H,15,16). The molecule has 7 heteroatoms. The smallest absolute Gasteiger partial charge is 0.338 e. The van der Waals surface area contributed by atoms with E-state index in [0.717, 1.165) is 11.3 Å². The van der Waals surface area contributed by atoms with E-state index in [0.29, 0.717) is 31.3 Å². The number of thiophene rings is 1. The minimum atomic E-state index is -1.02. The number of ether oxygens (including phenoxy) is 1. The number of anilines is 1. The lowest BCUT2D eigenvalue weighted by atomic mass is 10.2. The monoisotopic (exact) mass is 284 g/mol. The van der Waals surface area contributed by atoms with Gasteiger partial charge in [0.05, 0.1) is 18.8 Å². The molecular formula is C12H16N2O4S. The van der Waals surface area contributed by atoms with Gasteiger partial charge in [0.15, 0.2) is 0 Å². The van der Waals surface area contributed by atoms with E-state index in [4.69, 9.17) is 9.84 Å². The highest BCUT2D eigenvalue weighted by molar-refractivity contribution is 7.16. The molecule has 1 aliphatic heterocycles. The second-order valence-electron chi connectivity index (χ2n) is 4.14. The van der Waals surface area contributed by atoms with Crippen molar-refractivity contribution in [1.82, 2.24) is 4.90 Å². The Kier molecular flexibility index (Phi) is 4.39. The summed E-state index contributed by atoms with van der Waals surface area (Å²) < 4.78 is 5.17. The van der Waals surface area contributed by atoms with Gasteiger partial charge >= 0.3 is 12.0 Å². The van der Waals surface area contributed by atoms with Gasteiger partial charge in [-0.3, -0.25) is 5.32 Å². The number of aryl methyl sites for hydroxylation is 1. The summed E-state index contributed by atoms with van der Waals surface area (Å²) in [6.07, 6.45) is 0.748. The van der Waals surface area contributed by atoms with Crippen LogP contribution in [0.3, 0.4) is 0 Å². The van der Waals surface area contributed by atoms with Crippen molar-refractivity contribution in [2.24, 2.45) is 0 Å². The Hall–Kier alpha value is -1.60. The van der Waals surface area contributed by atoms with E-state index in [-0.39, 0.29) is 11.6 Å². The van der Waals surface area contributed by atoms with Crippen molar-refractivity contribution in [3.8, 4) is 0 Å². The van der Waals surface area contributed by atoms with Gasteiger partial charge in [-0.1, -0.05) is 6.92 Å². The molecule has 0 radical (unpaired) electrons. The number of hydrogen-bond acceptors (Lipinski definition) is 4. The van der Waals surface area contributed by atoms with Gasteiger partial charge in [-0.05, 0) is 12.5 Å². The molecule has 1 aromatic heterocycles. The van der Waals surface area contributed by atoms with Crippen LogP contribution in [0.1, 0.15) is 22.2 Å². The quantitative estimate of drug-likeness (QED) is 0.888. The third kappa shape index (κ3) is 3.24. The summed E-state index contributed by atoms with van der Waals surface area (Å²) >= 11 is 1.31. The predicted molar refractivity (Wildman–Crippen MR) is 72.1 cm³/mol. The molecule has 1 aliphatic rings. The van der Waals surface area contributed by atoms with Crippen LogP contribution < -0.4 is 5.32 Å². The Morgan fingerprint density at radius 3 is 2.74 bits per heavy atom. The summed E-state index contributed by atoms with van der Waals surface area (Å²) in [6, 6.07) is 1.34. The van der Waals surface area contributed by atoms with Gasteiger partial charge in [0.2, 0.25) is 0 Å². The minimum Gasteiger partial charge on any atom is -0.478 e. The molecule has 104 valence electrons. The van der Waals surface area contributed by atoms with Gasteiger partial charge in [-0.25, -0.2) is 9.59 Å². The van der Waals surface area contributed by atoms with Gasteiger partial charge in [-0.2, -0.15) is 0 Å². The first-order chi connectivity index (χ1) is 9.11. The molecule has 0 aromatic carbocycles. The van der Waals surface area contributed by atoms with E-state index >= 15 is 0 Å². The lowest BCUT2D eigenvalue weighted by molar-refractivity contribution is 0.0564. The van der Waals surface area contributed by atoms with Gasteiger partial charge in [0.1, 0.15) is 5.00 Å². The first kappa shape index (κ1) is 13.8. The third-order valence-electron chi connectivity index (χ3n) is 2.88. The Morgan fingerprint density at radius 2 is 2.16 bits per heavy atom. The topological polar surface area (TPSA) is 78.9 Å². The average molecular weight is 284 g/mol. The Balaban J connectivity index is 2.10. The zero-order valence-electron chi connectivity index (χ0n) is 10.6. The highest BCUT2D eigenvalue weighted by atomic mass is 32.1. The molecule has 19 heavy (non-hydrogen) atoms. The summed E-state index contributed by atoms with van der Waals surface area (Å²) in [5.41, 5.74) is 0.156. The fourth-order valence-electron chi connectivity index (χ4n) is 1.81. The first-order valence-electron chi connectivity index (χ1n) is 6.11. The fourth-order valence-corrected chi connectivity index (χ4v) is 2.79. The molecule has 0 unspecified atom stereocenters. The van der Waals surface area contributed by atoms with Crippen LogP contribution in [0.25, 0.3) is 0 Å². The van der Waals surface area contributed by atoms with Gasteiger partial charge in [0.25, 0.3) is 0 Å². The van der Waals surface area contributed by atoms with Crippen LogP contribution in [0.15, 0.2) is 6.07 Å². The van der Waals surface area contributed by atoms with E-state index < -0.39 is 5.97 Å².